The number of carbonyl (C=O) groups excluding carboxylic acids is 1. The van der Waals surface area contributed by atoms with Crippen LogP contribution in [0, 0.1) is 0 Å². The second-order valence-electron chi connectivity index (χ2n) is 4.62. The lowest BCUT2D eigenvalue weighted by Gasteiger charge is -2.08. The molecule has 0 unspecified atom stereocenters. The van der Waals surface area contributed by atoms with Crippen LogP contribution in [-0.4, -0.2) is 69.8 Å². The summed E-state index contributed by atoms with van der Waals surface area (Å²) in [6, 6.07) is 9.49. The molecule has 8 nitrogen and oxygen atoms in total. The highest BCUT2D eigenvalue weighted by Crippen LogP contribution is 2.07. The molecule has 0 aliphatic carbocycles. The third-order valence-corrected chi connectivity index (χ3v) is 2.64. The Balaban J connectivity index is 1.82. The van der Waals surface area contributed by atoms with Crippen LogP contribution in [0.4, 0.5) is 0 Å². The van der Waals surface area contributed by atoms with Gasteiger partial charge in [-0.1, -0.05) is 18.2 Å². The fourth-order valence-corrected chi connectivity index (χ4v) is 1.60. The molecule has 0 radical (unpaired) electrons. The molecule has 0 aliphatic heterocycles. The van der Waals surface area contributed by atoms with Crippen LogP contribution < -0.4 is 10.1 Å². The molecule has 2 N–H and O–H groups in total. The summed E-state index contributed by atoms with van der Waals surface area (Å²) in [4.78, 5) is 21.4. The molecule has 0 saturated heterocycles. The van der Waals surface area contributed by atoms with Crippen molar-refractivity contribution in [2.24, 2.45) is 0 Å². The van der Waals surface area contributed by atoms with Crippen molar-refractivity contribution in [3.05, 3.63) is 30.3 Å². The SMILES string of the molecule is O=C(O)COCC(=O)NCCOCCOCCOc1ccccc1. The number of ether oxygens (including phenoxy) is 4. The molecule has 1 aromatic rings. The van der Waals surface area contributed by atoms with Gasteiger partial charge in [0.25, 0.3) is 0 Å². The lowest BCUT2D eigenvalue weighted by Crippen LogP contribution is -2.31. The van der Waals surface area contributed by atoms with Crippen molar-refractivity contribution in [1.82, 2.24) is 5.32 Å². The van der Waals surface area contributed by atoms with Crippen LogP contribution in [0.1, 0.15) is 0 Å². The summed E-state index contributed by atoms with van der Waals surface area (Å²) in [7, 11) is 0. The highest BCUT2D eigenvalue weighted by molar-refractivity contribution is 5.77. The third-order valence-electron chi connectivity index (χ3n) is 2.64. The molecule has 1 amide bonds. The number of rotatable bonds is 14. The summed E-state index contributed by atoms with van der Waals surface area (Å²) in [6.45, 7) is 1.68. The number of carboxylic acid groups (broad SMARTS) is 1. The summed E-state index contributed by atoms with van der Waals surface area (Å²) < 4.78 is 20.7. The number of carboxylic acids is 1. The molecule has 8 heteroatoms. The minimum atomic E-state index is -1.11. The molecule has 0 aliphatic rings. The number of para-hydroxylation sites is 1. The maximum Gasteiger partial charge on any atom is 0.329 e. The highest BCUT2D eigenvalue weighted by Gasteiger charge is 2.02. The van der Waals surface area contributed by atoms with E-state index in [4.69, 9.17) is 19.3 Å². The third kappa shape index (κ3) is 11.4. The number of hydrogen-bond donors (Lipinski definition) is 2. The average molecular weight is 341 g/mol. The summed E-state index contributed by atoms with van der Waals surface area (Å²) >= 11 is 0. The van der Waals surface area contributed by atoms with Crippen molar-refractivity contribution in [3.8, 4) is 5.75 Å². The molecule has 0 spiro atoms. The Morgan fingerprint density at radius 3 is 2.25 bits per heavy atom. The fourth-order valence-electron chi connectivity index (χ4n) is 1.60. The Kier molecular flexibility index (Phi) is 11.0. The van der Waals surface area contributed by atoms with Gasteiger partial charge in [-0.15, -0.1) is 0 Å². The Hall–Kier alpha value is -2.16. The molecular weight excluding hydrogens is 318 g/mol. The molecular formula is C16H23NO7. The molecule has 0 fully saturated rings. The minimum Gasteiger partial charge on any atom is -0.491 e. The number of amides is 1. The molecule has 0 saturated carbocycles. The van der Waals surface area contributed by atoms with Crippen LogP contribution in [0.15, 0.2) is 30.3 Å². The largest absolute Gasteiger partial charge is 0.491 e. The summed E-state index contributed by atoms with van der Waals surface area (Å²) in [5, 5.41) is 10.9. The first-order valence-corrected chi connectivity index (χ1v) is 7.58. The van der Waals surface area contributed by atoms with Crippen molar-refractivity contribution in [2.75, 3.05) is 52.8 Å². The van der Waals surface area contributed by atoms with Crippen LogP contribution in [-0.2, 0) is 23.8 Å². The van der Waals surface area contributed by atoms with E-state index in [2.05, 4.69) is 10.1 Å². The van der Waals surface area contributed by atoms with E-state index in [9.17, 15) is 9.59 Å². The van der Waals surface area contributed by atoms with Crippen molar-refractivity contribution in [3.63, 3.8) is 0 Å². The van der Waals surface area contributed by atoms with Crippen molar-refractivity contribution >= 4 is 11.9 Å². The van der Waals surface area contributed by atoms with E-state index in [-0.39, 0.29) is 12.5 Å². The normalized spacial score (nSPS) is 10.3. The van der Waals surface area contributed by atoms with Gasteiger partial charge in [0.1, 0.15) is 25.6 Å². The van der Waals surface area contributed by atoms with E-state index < -0.39 is 12.6 Å². The van der Waals surface area contributed by atoms with Gasteiger partial charge in [-0.05, 0) is 12.1 Å². The van der Waals surface area contributed by atoms with Gasteiger partial charge < -0.3 is 29.4 Å². The van der Waals surface area contributed by atoms with Gasteiger partial charge in [-0.2, -0.15) is 0 Å². The van der Waals surface area contributed by atoms with E-state index in [1.165, 1.54) is 0 Å². The predicted octanol–water partition coefficient (Wildman–Crippen LogP) is 0.316. The van der Waals surface area contributed by atoms with E-state index in [0.717, 1.165) is 5.75 Å². The number of benzene rings is 1. The first-order chi connectivity index (χ1) is 11.7. The highest BCUT2D eigenvalue weighted by atomic mass is 16.5. The van der Waals surface area contributed by atoms with Crippen LogP contribution in [0.2, 0.25) is 0 Å². The van der Waals surface area contributed by atoms with Gasteiger partial charge in [-0.3, -0.25) is 4.79 Å². The number of carbonyl (C=O) groups is 2. The van der Waals surface area contributed by atoms with Gasteiger partial charge in [0.15, 0.2) is 0 Å². The lowest BCUT2D eigenvalue weighted by atomic mass is 10.3. The molecule has 134 valence electrons. The van der Waals surface area contributed by atoms with Gasteiger partial charge in [0, 0.05) is 6.54 Å². The van der Waals surface area contributed by atoms with Crippen molar-refractivity contribution < 1.29 is 33.6 Å². The van der Waals surface area contributed by atoms with E-state index in [1.54, 1.807) is 0 Å². The predicted molar refractivity (Wildman–Crippen MR) is 85.0 cm³/mol. The Morgan fingerprint density at radius 1 is 0.875 bits per heavy atom. The van der Waals surface area contributed by atoms with Gasteiger partial charge in [-0.25, -0.2) is 4.79 Å². The van der Waals surface area contributed by atoms with Crippen LogP contribution >= 0.6 is 0 Å². The minimum absolute atomic E-state index is 0.281. The van der Waals surface area contributed by atoms with Crippen molar-refractivity contribution in [1.29, 1.82) is 0 Å². The molecule has 0 atom stereocenters. The first-order valence-electron chi connectivity index (χ1n) is 7.58. The monoisotopic (exact) mass is 341 g/mol. The average Bonchev–Trinajstić information content (AvgIpc) is 2.57. The summed E-state index contributed by atoms with van der Waals surface area (Å²) in [6.07, 6.45) is 0. The molecule has 0 heterocycles. The maximum absolute atomic E-state index is 11.2. The second-order valence-corrected chi connectivity index (χ2v) is 4.62. The summed E-state index contributed by atoms with van der Waals surface area (Å²) in [5.41, 5.74) is 0. The fraction of sp³-hybridized carbons (Fsp3) is 0.500. The van der Waals surface area contributed by atoms with Crippen LogP contribution in [0.25, 0.3) is 0 Å². The molecule has 1 rings (SSSR count). The first kappa shape index (κ1) is 19.9. The Morgan fingerprint density at radius 2 is 1.54 bits per heavy atom. The van der Waals surface area contributed by atoms with E-state index >= 15 is 0 Å². The zero-order chi connectivity index (χ0) is 17.5. The standard InChI is InChI=1S/C16H23NO7/c18-15(12-23-13-16(19)20)17-6-7-21-8-9-22-10-11-24-14-4-2-1-3-5-14/h1-5H,6-13H2,(H,17,18)(H,19,20). The maximum atomic E-state index is 11.2. The van der Waals surface area contributed by atoms with Crippen molar-refractivity contribution in [2.45, 2.75) is 0 Å². The Bertz CT molecular complexity index is 467. The lowest BCUT2D eigenvalue weighted by molar-refractivity contribution is -0.143. The molecule has 0 bridgehead atoms. The van der Waals surface area contributed by atoms with Gasteiger partial charge in [0.05, 0.1) is 26.4 Å². The smallest absolute Gasteiger partial charge is 0.329 e. The van der Waals surface area contributed by atoms with Gasteiger partial charge >= 0.3 is 5.97 Å². The Labute approximate surface area is 140 Å². The molecule has 1 aromatic carbocycles. The zero-order valence-electron chi connectivity index (χ0n) is 13.4. The topological polar surface area (TPSA) is 103 Å². The molecule has 0 aromatic heterocycles. The molecule has 24 heavy (non-hydrogen) atoms. The van der Waals surface area contributed by atoms with Crippen LogP contribution in [0.3, 0.4) is 0 Å². The number of hydrogen-bond acceptors (Lipinski definition) is 6. The van der Waals surface area contributed by atoms with Gasteiger partial charge in [0.2, 0.25) is 5.91 Å². The number of aliphatic carboxylic acids is 1. The zero-order valence-corrected chi connectivity index (χ0v) is 13.4. The van der Waals surface area contributed by atoms with Crippen LogP contribution in [0.5, 0.6) is 5.75 Å². The quantitative estimate of drug-likeness (QED) is 0.470. The second kappa shape index (κ2) is 13.3. The number of nitrogens with one attached hydrogen (secondary N) is 1. The van der Waals surface area contributed by atoms with E-state index in [0.29, 0.717) is 39.6 Å². The van der Waals surface area contributed by atoms with E-state index in [1.807, 2.05) is 30.3 Å². The summed E-state index contributed by atoms with van der Waals surface area (Å²) in [5.74, 6) is -0.685.